The molecule has 0 bridgehead atoms. The van der Waals surface area contributed by atoms with E-state index in [1.165, 1.54) is 35.3 Å². The first-order valence-electron chi connectivity index (χ1n) is 8.20. The summed E-state index contributed by atoms with van der Waals surface area (Å²) in [5.74, 6) is 0. The quantitative estimate of drug-likeness (QED) is 0.142. The Morgan fingerprint density at radius 2 is 0.875 bits per heavy atom. The summed E-state index contributed by atoms with van der Waals surface area (Å²) >= 11 is 23.1. The van der Waals surface area contributed by atoms with Crippen molar-refractivity contribution in [3.8, 4) is 0 Å². The van der Waals surface area contributed by atoms with Crippen LogP contribution in [0.4, 0.5) is 4.79 Å². The molecule has 0 unspecified atom stereocenters. The van der Waals surface area contributed by atoms with Crippen molar-refractivity contribution in [2.45, 2.75) is 13.8 Å². The lowest BCUT2D eigenvalue weighted by atomic mass is 10.9. The summed E-state index contributed by atoms with van der Waals surface area (Å²) in [5.41, 5.74) is 0. The lowest BCUT2D eigenvalue weighted by Gasteiger charge is -1.90. The van der Waals surface area contributed by atoms with Crippen molar-refractivity contribution in [2.75, 3.05) is 69.6 Å². The topological polar surface area (TPSA) is 46.5 Å². The number of carbonyl (C=O) groups excluding carboxylic acids is 2. The highest BCUT2D eigenvalue weighted by Gasteiger charge is 1.88. The molecule has 0 saturated carbocycles. The zero-order chi connectivity index (χ0) is 27.0. The minimum Gasteiger partial charge on any atom is -0.288 e. The van der Waals surface area contributed by atoms with Crippen LogP contribution in [0.5, 0.6) is 0 Å². The van der Waals surface area contributed by atoms with Crippen molar-refractivity contribution in [1.29, 1.82) is 0 Å². The number of hydrogen-bond acceptors (Lipinski definition) is 14. The maximum atomic E-state index is 10.1. The molecule has 194 valence electrons. The Balaban J connectivity index is -0.0000000643. The third-order valence-electron chi connectivity index (χ3n) is 1.77. The molecule has 0 radical (unpaired) electrons. The van der Waals surface area contributed by atoms with Gasteiger partial charge in [0.2, 0.25) is 4.45 Å². The van der Waals surface area contributed by atoms with Gasteiger partial charge in [-0.3, -0.25) is 14.6 Å². The third kappa shape index (κ3) is 76.8. The van der Waals surface area contributed by atoms with E-state index in [1.54, 1.807) is 96.3 Å². The Morgan fingerprint density at radius 3 is 0.875 bits per heavy atom. The highest BCUT2D eigenvalue weighted by molar-refractivity contribution is 8.46. The van der Waals surface area contributed by atoms with Crippen molar-refractivity contribution >= 4 is 152 Å². The minimum absolute atomic E-state index is 0.171. The van der Waals surface area contributed by atoms with Gasteiger partial charge in [0.05, 0.1) is 0 Å². The molecule has 32 heavy (non-hydrogen) atoms. The van der Waals surface area contributed by atoms with Crippen LogP contribution in [0, 0.1) is 0 Å². The number of carbonyl (C=O) groups is 2. The number of thioether (sulfide) groups is 9. The summed E-state index contributed by atoms with van der Waals surface area (Å²) in [6, 6.07) is 0. The number of aliphatic imine (C=N–C) groups is 1. The Bertz CT molecular complexity index is 414. The average molecular weight is 654 g/mol. The van der Waals surface area contributed by atoms with Crippen LogP contribution < -0.4 is 0 Å². The monoisotopic (exact) mass is 653 g/mol. The van der Waals surface area contributed by atoms with Crippen LogP contribution in [0.2, 0.25) is 0 Å². The van der Waals surface area contributed by atoms with E-state index in [4.69, 9.17) is 12.2 Å². The number of rotatable bonds is 0. The SMILES string of the molecule is CN=C(SC)SC.CSC.CSC(=O)SC.CSC(=S)SC.CSC(C)=O.CSC(C)=S. The fraction of sp³-hybridized carbons (Fsp3) is 0.722. The molecule has 0 aromatic carbocycles. The van der Waals surface area contributed by atoms with Crippen LogP contribution in [0.25, 0.3) is 0 Å². The van der Waals surface area contributed by atoms with Crippen molar-refractivity contribution < 1.29 is 9.59 Å². The van der Waals surface area contributed by atoms with Gasteiger partial charge < -0.3 is 0 Å². The van der Waals surface area contributed by atoms with Crippen LogP contribution in [-0.4, -0.2) is 91.3 Å². The van der Waals surface area contributed by atoms with E-state index in [0.29, 0.717) is 0 Å². The molecular weight excluding hydrogens is 615 g/mol. The molecule has 0 aliphatic carbocycles. The van der Waals surface area contributed by atoms with Gasteiger partial charge in [0.1, 0.15) is 7.90 Å². The van der Waals surface area contributed by atoms with Crippen LogP contribution in [-0.2, 0) is 4.79 Å². The minimum atomic E-state index is 0.171. The highest BCUT2D eigenvalue weighted by atomic mass is 32.2. The van der Waals surface area contributed by atoms with Crippen molar-refractivity contribution in [3.05, 3.63) is 0 Å². The lowest BCUT2D eigenvalue weighted by molar-refractivity contribution is -0.109. The van der Waals surface area contributed by atoms with Gasteiger partial charge in [-0.15, -0.1) is 58.8 Å². The normalized spacial score (nSPS) is 7.91. The van der Waals surface area contributed by atoms with Gasteiger partial charge >= 0.3 is 0 Å². The molecule has 0 aliphatic rings. The molecule has 0 aromatic rings. The summed E-state index contributed by atoms with van der Waals surface area (Å²) in [6.07, 6.45) is 19.4. The second-order valence-corrected chi connectivity index (χ2v) is 14.2. The van der Waals surface area contributed by atoms with E-state index >= 15 is 0 Å². The average Bonchev–Trinajstić information content (AvgIpc) is 2.81. The molecule has 0 aromatic heterocycles. The zero-order valence-corrected chi connectivity index (χ0v) is 30.2. The van der Waals surface area contributed by atoms with E-state index in [9.17, 15) is 9.59 Å². The van der Waals surface area contributed by atoms with Crippen LogP contribution >= 0.6 is 130 Å². The summed E-state index contributed by atoms with van der Waals surface area (Å²) in [5, 5.41) is 0.171. The van der Waals surface area contributed by atoms with E-state index in [2.05, 4.69) is 17.2 Å². The molecule has 0 heterocycles. The number of nitrogens with zero attached hydrogens (tertiary/aromatic N) is 1. The maximum absolute atomic E-state index is 10.1. The third-order valence-corrected chi connectivity index (χ3v) is 9.82. The highest BCUT2D eigenvalue weighted by Crippen LogP contribution is 2.09. The number of thiocarbonyl (C=S) groups is 2. The van der Waals surface area contributed by atoms with Crippen LogP contribution in [0.3, 0.4) is 0 Å². The standard InChI is InChI=1S/C4H9NS2.C3H6OS2.C3H6OS.C3H6S3.C3H6S2.C2H6S/c1-5-4(6-2)7-3;1-5-3(4)6-2;1-3(4)5-2;1-5-3(4)6-2;1-3(4)5-2;1-3-2/h1-3H3;1-2H3;1-2H3;1-2H3;1-2H3;1-2H3. The van der Waals surface area contributed by atoms with Gasteiger partial charge in [0.15, 0.2) is 5.12 Å². The van der Waals surface area contributed by atoms with Gasteiger partial charge in [-0.05, 0) is 69.5 Å². The number of hydrogen-bond donors (Lipinski definition) is 0. The van der Waals surface area contributed by atoms with Gasteiger partial charge in [-0.2, -0.15) is 11.8 Å². The summed E-state index contributed by atoms with van der Waals surface area (Å²) in [7, 11) is 1.81. The molecule has 0 atom stereocenters. The molecule has 0 fully saturated rings. The smallest absolute Gasteiger partial charge is 0.245 e. The summed E-state index contributed by atoms with van der Waals surface area (Å²) in [4.78, 5) is 23.8. The Hall–Kier alpha value is 2.34. The van der Waals surface area contributed by atoms with Gasteiger partial charge in [0.25, 0.3) is 0 Å². The van der Waals surface area contributed by atoms with Crippen molar-refractivity contribution in [1.82, 2.24) is 0 Å². The first-order valence-corrected chi connectivity index (χ1v) is 20.5. The predicted octanol–water partition coefficient (Wildman–Crippen LogP) is 9.10. The molecule has 14 heteroatoms. The second kappa shape index (κ2) is 46.6. The molecule has 0 aliphatic heterocycles. The zero-order valence-electron chi connectivity index (χ0n) is 21.3. The fourth-order valence-electron chi connectivity index (χ4n) is 0.433. The van der Waals surface area contributed by atoms with E-state index in [-0.39, 0.29) is 9.56 Å². The Morgan fingerprint density at radius 1 is 0.594 bits per heavy atom. The summed E-state index contributed by atoms with van der Waals surface area (Å²) in [6.45, 7) is 3.46. The Labute approximate surface area is 247 Å². The molecular formula is C18H39NO2S11. The van der Waals surface area contributed by atoms with E-state index < -0.39 is 0 Å². The first-order chi connectivity index (χ1) is 14.9. The maximum Gasteiger partial charge on any atom is 0.245 e. The largest absolute Gasteiger partial charge is 0.288 e. The molecule has 0 spiro atoms. The molecule has 0 amide bonds. The fourth-order valence-corrected chi connectivity index (χ4v) is 2.80. The molecule has 0 saturated heterocycles. The van der Waals surface area contributed by atoms with Crippen molar-refractivity contribution in [2.24, 2.45) is 4.99 Å². The van der Waals surface area contributed by atoms with Crippen molar-refractivity contribution in [3.63, 3.8) is 0 Å². The van der Waals surface area contributed by atoms with Crippen LogP contribution in [0.15, 0.2) is 4.99 Å². The second-order valence-electron chi connectivity index (χ2n) is 4.01. The van der Waals surface area contributed by atoms with Gasteiger partial charge in [0, 0.05) is 18.2 Å². The summed E-state index contributed by atoms with van der Waals surface area (Å²) < 4.78 is 3.33. The van der Waals surface area contributed by atoms with Crippen LogP contribution in [0.1, 0.15) is 13.8 Å². The molecule has 3 nitrogen and oxygen atoms in total. The van der Waals surface area contributed by atoms with Gasteiger partial charge in [-0.1, -0.05) is 59.7 Å². The first kappa shape index (κ1) is 47.5. The van der Waals surface area contributed by atoms with E-state index in [1.807, 2.05) is 57.8 Å². The predicted molar refractivity (Wildman–Crippen MR) is 188 cm³/mol. The molecule has 0 rings (SSSR count). The van der Waals surface area contributed by atoms with E-state index in [0.717, 1.165) is 12.1 Å². The van der Waals surface area contributed by atoms with Gasteiger partial charge in [-0.25, -0.2) is 0 Å². The lowest BCUT2D eigenvalue weighted by Crippen LogP contribution is -1.77. The molecule has 0 N–H and O–H groups in total. The Kier molecular flexibility index (Phi) is 69.3.